The van der Waals surface area contributed by atoms with Crippen LogP contribution in [0.5, 0.6) is 23.0 Å². The van der Waals surface area contributed by atoms with E-state index in [9.17, 15) is 29.1 Å². The number of halogens is 6. The summed E-state index contributed by atoms with van der Waals surface area (Å²) in [5.74, 6) is 4.00. The molecule has 9 aromatic rings. The van der Waals surface area contributed by atoms with Crippen molar-refractivity contribution in [2.24, 2.45) is 15.7 Å². The maximum absolute atomic E-state index is 13.0. The third kappa shape index (κ3) is 37.5. The molecule has 0 spiro atoms. The molecule has 120 heavy (non-hydrogen) atoms. The number of aliphatic hydroxyl groups excluding tert-OH is 2. The third-order valence-electron chi connectivity index (χ3n) is 17.6. The van der Waals surface area contributed by atoms with Crippen LogP contribution in [0.2, 0.25) is 20.1 Å². The molecular formula is C82H96Cl4I2N18O12V2. The minimum absolute atomic E-state index is 0. The van der Waals surface area contributed by atoms with Gasteiger partial charge in [0, 0.05) is 105 Å². The normalized spacial score (nSPS) is 13.9. The number of carbonyl (C=O) groups is 4. The number of aromatic nitrogens is 10. The van der Waals surface area contributed by atoms with Gasteiger partial charge in [0.15, 0.2) is 0 Å². The number of aliphatic imine (C=N–C) groups is 2. The second-order valence-electron chi connectivity index (χ2n) is 25.7. The fraction of sp³-hybridized carbons (Fsp3) is 0.341. The number of methoxy groups -OCH3 is 4. The number of hydrogen-bond donors (Lipinski definition) is 8. The number of ether oxygens (including phenoxy) is 4. The van der Waals surface area contributed by atoms with Crippen LogP contribution in [-0.2, 0) is 101 Å². The van der Waals surface area contributed by atoms with Gasteiger partial charge in [0.2, 0.25) is 11.9 Å². The number of carbonyl (C=O) groups excluding carboxylic acids is 4. The Morgan fingerprint density at radius 2 is 1.03 bits per heavy atom. The number of aryl methyl sites for hydroxylation is 6. The van der Waals surface area contributed by atoms with Crippen LogP contribution in [0.4, 0.5) is 5.95 Å². The van der Waals surface area contributed by atoms with E-state index in [1.165, 1.54) is 24.4 Å². The van der Waals surface area contributed by atoms with Crippen molar-refractivity contribution in [3.8, 4) is 23.0 Å². The number of aromatic amines is 1. The maximum Gasteiger partial charge on any atom is 0 e. The predicted molar refractivity (Wildman–Crippen MR) is 474 cm³/mol. The second kappa shape index (κ2) is 58.6. The van der Waals surface area contributed by atoms with Crippen LogP contribution in [0.25, 0.3) is 0 Å². The Morgan fingerprint density at radius 1 is 0.575 bits per heavy atom. The first-order valence-corrected chi connectivity index (χ1v) is 48.0. The summed E-state index contributed by atoms with van der Waals surface area (Å²) in [5.41, 5.74) is 15.3. The van der Waals surface area contributed by atoms with E-state index in [-0.39, 0.29) is 74.3 Å². The summed E-state index contributed by atoms with van der Waals surface area (Å²) in [4.78, 5) is 112. The molecule has 2 saturated heterocycles. The molecule has 13 rings (SSSR count). The first-order valence-electron chi connectivity index (χ1n) is 37.4. The third-order valence-corrected chi connectivity index (χ3v) is 18.8. The number of aliphatic hydroxyl groups is 2. The standard InChI is InChI=1S/C24H27ClN6O3.C19H18ClN5O3.C14H14ClNO2.C9H11ClO.C6H9N3O.C5H6N2O.C5H11NO.2HI.2V/c1-34-21-8-6-16(12-19(21)25)5-7-20-18(23(33)28-14-22-26-9-3-10-27-22)13-29-24(30-20)31-11-2-4-17(31)15-32;1-28-16-6-4-12(9-14(16)20)3-5-15-13(10-24-19(27)25-15)18(26)23-11-17-21-7-2-8-22-17;1-18-13-5-4-10(8-12(13)15)2-3-11-6-7-16-14(17)9-11;1-3-7-4-5-9(11-2)8(10)6-7;1-10-9-5-6-7-3-2-4-8-6;6-4-1-2-7-5(8)3-4;7-4-5-2-1-3-6-5;;;;/h3,6,8-10,12-13,17,32H,2,4-5,7,11,14-15H2,1H3,(H,28,33);2,4,6-10H,3,5,11H2,1H3,(H,23,26)(H,24,25,27);4-8H,2-3,9H2,1H3;4-6H,3H2,1-2H3;2-4,9H,5H2,1H3;1-2H,3,6H2;5-7H,1-4H2;2*1H;;/q;;;;;;;;;;+2/p-2/t17-;;;;;;5-;;;;/m0.....0..../s1. The zero-order chi connectivity index (χ0) is 86.1. The van der Waals surface area contributed by atoms with E-state index in [2.05, 4.69) is 128 Å². The van der Waals surface area contributed by atoms with Gasteiger partial charge in [-0.05, 0) is 178 Å². The average molecular weight is 2020 g/mol. The molecule has 9 heterocycles. The molecule has 9 N–H and O–H groups in total. The zero-order valence-corrected chi connectivity index (χ0v) is 77.1. The number of dihydropyridines is 2. The summed E-state index contributed by atoms with van der Waals surface area (Å²) in [5, 5.41) is 29.3. The van der Waals surface area contributed by atoms with E-state index >= 15 is 0 Å². The van der Waals surface area contributed by atoms with Gasteiger partial charge in [-0.1, -0.05) is 83.2 Å². The molecule has 30 nitrogen and oxygen atoms in total. The van der Waals surface area contributed by atoms with Gasteiger partial charge >= 0.3 is 55.1 Å². The Morgan fingerprint density at radius 3 is 1.46 bits per heavy atom. The minimum Gasteiger partial charge on any atom is 0 e. The zero-order valence-electron chi connectivity index (χ0n) is 67.0. The van der Waals surface area contributed by atoms with Gasteiger partial charge in [-0.3, -0.25) is 19.2 Å². The van der Waals surface area contributed by atoms with Crippen molar-refractivity contribution in [3.05, 3.63) is 257 Å². The monoisotopic (exact) mass is 2020 g/mol. The van der Waals surface area contributed by atoms with Crippen molar-refractivity contribution in [3.63, 3.8) is 0 Å². The molecule has 0 saturated carbocycles. The van der Waals surface area contributed by atoms with Crippen LogP contribution < -0.4 is 56.7 Å². The van der Waals surface area contributed by atoms with E-state index in [4.69, 9.17) is 81.2 Å². The Labute approximate surface area is 758 Å². The molecule has 2 atom stereocenters. The number of hydrogen-bond acceptors (Lipinski definition) is 25. The van der Waals surface area contributed by atoms with Gasteiger partial charge in [-0.2, -0.15) is 5.48 Å². The largest absolute Gasteiger partial charge is 0 e. The van der Waals surface area contributed by atoms with Crippen LogP contribution in [0, 0.1) is 0 Å². The van der Waals surface area contributed by atoms with Crippen molar-refractivity contribution < 1.29 is 81.2 Å². The topological polar surface area (TPSA) is 406 Å². The molecule has 0 unspecified atom stereocenters. The van der Waals surface area contributed by atoms with Crippen molar-refractivity contribution in [2.45, 2.75) is 122 Å². The fourth-order valence-electron chi connectivity index (χ4n) is 11.4. The summed E-state index contributed by atoms with van der Waals surface area (Å²) in [6.07, 6.45) is 29.0. The average Bonchev–Trinajstić information content (AvgIpc) is 1.40. The number of benzene rings is 4. The Hall–Kier alpha value is -8.43. The van der Waals surface area contributed by atoms with Crippen LogP contribution in [0.15, 0.2) is 179 Å². The summed E-state index contributed by atoms with van der Waals surface area (Å²) in [6, 6.07) is 28.3. The van der Waals surface area contributed by atoms with Crippen LogP contribution in [-0.4, -0.2) is 170 Å². The van der Waals surface area contributed by atoms with Crippen LogP contribution in [0.1, 0.15) is 124 Å². The smallest absolute Gasteiger partial charge is 0 e. The minimum atomic E-state index is -0.509. The number of nitrogens with two attached hydrogens (primary N) is 1. The molecule has 5 aromatic heterocycles. The summed E-state index contributed by atoms with van der Waals surface area (Å²) < 4.78 is 20.5. The van der Waals surface area contributed by atoms with Gasteiger partial charge in [0.25, 0.3) is 17.7 Å². The van der Waals surface area contributed by atoms with Gasteiger partial charge in [0.05, 0.1) is 124 Å². The van der Waals surface area contributed by atoms with Gasteiger partial charge in [-0.15, -0.1) is 0 Å². The molecule has 4 aliphatic heterocycles. The first kappa shape index (κ1) is 102. The van der Waals surface area contributed by atoms with Gasteiger partial charge < -0.3 is 65.6 Å². The Balaban J connectivity index is 0.000000266. The fourth-order valence-corrected chi connectivity index (χ4v) is 12.5. The van der Waals surface area contributed by atoms with Crippen LogP contribution >= 0.6 is 86.4 Å². The molecule has 638 valence electrons. The van der Waals surface area contributed by atoms with Crippen molar-refractivity contribution in [1.82, 2.24) is 71.3 Å². The molecule has 4 aromatic carbocycles. The molecule has 0 aliphatic carbocycles. The number of nitrogens with one attached hydrogen (secondary N) is 5. The number of rotatable bonds is 26. The summed E-state index contributed by atoms with van der Waals surface area (Å²) >= 11 is 29.1. The second-order valence-corrected chi connectivity index (χ2v) is 39.1. The van der Waals surface area contributed by atoms with E-state index in [0.717, 1.165) is 85.5 Å². The predicted octanol–water partition coefficient (Wildman–Crippen LogP) is 12.1. The molecule has 4 amide bonds. The quantitative estimate of drug-likeness (QED) is 0.0184. The number of anilines is 1. The van der Waals surface area contributed by atoms with E-state index in [1.54, 1.807) is 122 Å². The summed E-state index contributed by atoms with van der Waals surface area (Å²) in [6.45, 7) is 5.22. The van der Waals surface area contributed by atoms with Gasteiger partial charge in [0.1, 0.15) is 40.5 Å². The van der Waals surface area contributed by atoms with Crippen LogP contribution in [0.3, 0.4) is 0 Å². The SMILES string of the molecule is CCc1ccc(OC)c(Cl)c1.CONCc1ncccn1.COc1ccc(CCC2=CC=NC(=O)C2)cc1Cl.COc1ccc(CCc2[nH]c(=O)ncc2C(=O)NCc2ncccn2)cc1Cl.COc1ccc(CCc2nc(N3CCC[C@H]3CO)ncc2C(=O)NCc2ncccn2)cc1Cl.NC1=CC=NC(=O)C1.OC[C@@H]1CCCN1.[I][V][I].[V]. The van der Waals surface area contributed by atoms with Crippen molar-refractivity contribution in [1.29, 1.82) is 0 Å². The number of hydroxylamine groups is 1. The molecule has 1 radical (unpaired) electrons. The van der Waals surface area contributed by atoms with Gasteiger partial charge in [-0.25, -0.2) is 59.6 Å². The van der Waals surface area contributed by atoms with E-state index in [0.29, 0.717) is 144 Å². The number of amides is 4. The molecule has 2 fully saturated rings. The molecule has 4 aliphatic rings. The number of nitrogens with zero attached hydrogens (tertiary/aromatic N) is 12. The van der Waals surface area contributed by atoms with E-state index < -0.39 is 5.69 Å². The summed E-state index contributed by atoms with van der Waals surface area (Å²) in [7, 11) is 8.53. The van der Waals surface area contributed by atoms with Crippen molar-refractivity contribution in [2.75, 3.05) is 66.8 Å². The Kier molecular flexibility index (Phi) is 49.8. The number of allylic oxidation sites excluding steroid dienone is 2. The molecule has 0 bridgehead atoms. The molecule has 38 heteroatoms. The first-order chi connectivity index (χ1) is 57.7. The number of H-pyrrole nitrogens is 1. The van der Waals surface area contributed by atoms with Crippen molar-refractivity contribution >= 4 is 128 Å². The maximum atomic E-state index is 13.0. The van der Waals surface area contributed by atoms with E-state index in [1.807, 2.05) is 71.6 Å². The molecular weight excluding hydrogens is 1930 g/mol. The Bertz CT molecular complexity index is 4830.